The molecule has 0 saturated heterocycles. The third kappa shape index (κ3) is 2.99. The highest BCUT2D eigenvalue weighted by atomic mass is 32.2. The molecule has 0 saturated carbocycles. The van der Waals surface area contributed by atoms with E-state index in [1.54, 1.807) is 0 Å². The number of rotatable bonds is 4. The first-order valence-electron chi connectivity index (χ1n) is 4.81. The van der Waals surface area contributed by atoms with E-state index in [1.165, 1.54) is 19.9 Å². The summed E-state index contributed by atoms with van der Waals surface area (Å²) < 4.78 is 51.3. The van der Waals surface area contributed by atoms with Crippen molar-refractivity contribution in [1.82, 2.24) is 4.72 Å². The Morgan fingerprint density at radius 3 is 2.25 bits per heavy atom. The van der Waals surface area contributed by atoms with E-state index >= 15 is 0 Å². The van der Waals surface area contributed by atoms with E-state index in [-0.39, 0.29) is 11.3 Å². The first kappa shape index (κ1) is 13.1. The molecule has 0 heterocycles. The molecule has 1 aromatic carbocycles. The van der Waals surface area contributed by atoms with E-state index in [4.69, 9.17) is 0 Å². The van der Waals surface area contributed by atoms with Crippen molar-refractivity contribution >= 4 is 10.0 Å². The van der Waals surface area contributed by atoms with Gasteiger partial charge in [0.1, 0.15) is 11.6 Å². The number of sulfonamides is 1. The molecule has 0 fully saturated rings. The minimum atomic E-state index is -3.48. The van der Waals surface area contributed by atoms with E-state index in [2.05, 4.69) is 4.72 Å². The van der Waals surface area contributed by atoms with Crippen LogP contribution in [0.5, 0.6) is 0 Å². The lowest BCUT2D eigenvalue weighted by Gasteiger charge is -2.15. The maximum Gasteiger partial charge on any atom is 0.211 e. The Labute approximate surface area is 93.5 Å². The number of benzene rings is 1. The van der Waals surface area contributed by atoms with Gasteiger partial charge in [0.2, 0.25) is 10.0 Å². The summed E-state index contributed by atoms with van der Waals surface area (Å²) in [5, 5.41) is 0. The molecule has 0 radical (unpaired) electrons. The highest BCUT2D eigenvalue weighted by Gasteiger charge is 2.19. The molecular weight excluding hydrogens is 236 g/mol. The molecule has 3 nitrogen and oxygen atoms in total. The maximum atomic E-state index is 13.3. The minimum Gasteiger partial charge on any atom is -0.212 e. The predicted octanol–water partition coefficient (Wildman–Crippen LogP) is 1.97. The van der Waals surface area contributed by atoms with Crippen LogP contribution in [0.1, 0.15) is 25.5 Å². The molecule has 0 aromatic heterocycles. The van der Waals surface area contributed by atoms with Gasteiger partial charge < -0.3 is 0 Å². The molecule has 6 heteroatoms. The summed E-state index contributed by atoms with van der Waals surface area (Å²) in [5.74, 6) is -1.65. The summed E-state index contributed by atoms with van der Waals surface area (Å²) >= 11 is 0. The van der Waals surface area contributed by atoms with Crippen LogP contribution in [0.2, 0.25) is 0 Å². The average molecular weight is 249 g/mol. The Balaban J connectivity index is 3.02. The van der Waals surface area contributed by atoms with Gasteiger partial charge in [0.25, 0.3) is 0 Å². The Morgan fingerprint density at radius 1 is 1.31 bits per heavy atom. The van der Waals surface area contributed by atoms with Gasteiger partial charge in [0, 0.05) is 11.6 Å². The van der Waals surface area contributed by atoms with Crippen LogP contribution in [-0.2, 0) is 10.0 Å². The van der Waals surface area contributed by atoms with E-state index in [0.717, 1.165) is 12.1 Å². The van der Waals surface area contributed by atoms with Crippen LogP contribution in [0, 0.1) is 11.6 Å². The molecule has 1 rings (SSSR count). The Hall–Kier alpha value is -1.01. The molecule has 1 unspecified atom stereocenters. The zero-order chi connectivity index (χ0) is 12.3. The van der Waals surface area contributed by atoms with Crippen LogP contribution in [0.3, 0.4) is 0 Å². The summed E-state index contributed by atoms with van der Waals surface area (Å²) in [6.07, 6.45) is 0. The normalized spacial score (nSPS) is 13.8. The lowest BCUT2D eigenvalue weighted by atomic mass is 10.1. The van der Waals surface area contributed by atoms with Gasteiger partial charge in [-0.15, -0.1) is 0 Å². The van der Waals surface area contributed by atoms with E-state index in [1.807, 2.05) is 0 Å². The van der Waals surface area contributed by atoms with Crippen molar-refractivity contribution in [2.24, 2.45) is 0 Å². The standard InChI is InChI=1S/C10H13F2NO2S/c1-3-16(14,15)13-7(2)10-8(11)5-4-6-9(10)12/h4-7,13H,3H2,1-2H3. The molecule has 0 bridgehead atoms. The van der Waals surface area contributed by atoms with Crippen molar-refractivity contribution < 1.29 is 17.2 Å². The Bertz CT molecular complexity index is 453. The Morgan fingerprint density at radius 2 is 1.81 bits per heavy atom. The van der Waals surface area contributed by atoms with Gasteiger partial charge in [-0.05, 0) is 26.0 Å². The third-order valence-corrected chi connectivity index (χ3v) is 3.64. The van der Waals surface area contributed by atoms with Gasteiger partial charge in [-0.25, -0.2) is 21.9 Å². The molecule has 0 amide bonds. The quantitative estimate of drug-likeness (QED) is 0.886. The summed E-state index contributed by atoms with van der Waals surface area (Å²) in [4.78, 5) is 0. The van der Waals surface area contributed by atoms with Crippen LogP contribution in [0.4, 0.5) is 8.78 Å². The second-order valence-corrected chi connectivity index (χ2v) is 5.42. The van der Waals surface area contributed by atoms with Gasteiger partial charge in [0.15, 0.2) is 0 Å². The number of halogens is 2. The SMILES string of the molecule is CCS(=O)(=O)NC(C)c1c(F)cccc1F. The lowest BCUT2D eigenvalue weighted by molar-refractivity contribution is 0.515. The molecule has 0 aliphatic carbocycles. The smallest absolute Gasteiger partial charge is 0.211 e. The summed E-state index contributed by atoms with van der Waals surface area (Å²) in [5.41, 5.74) is -0.264. The fraction of sp³-hybridized carbons (Fsp3) is 0.400. The van der Waals surface area contributed by atoms with Crippen LogP contribution in [-0.4, -0.2) is 14.2 Å². The molecule has 0 aliphatic heterocycles. The minimum absolute atomic E-state index is 0.132. The predicted molar refractivity (Wildman–Crippen MR) is 57.4 cm³/mol. The topological polar surface area (TPSA) is 46.2 Å². The highest BCUT2D eigenvalue weighted by Crippen LogP contribution is 2.20. The highest BCUT2D eigenvalue weighted by molar-refractivity contribution is 7.89. The van der Waals surface area contributed by atoms with Gasteiger partial charge in [-0.2, -0.15) is 0 Å². The Kier molecular flexibility index (Phi) is 3.98. The molecule has 0 spiro atoms. The number of nitrogens with one attached hydrogen (secondary N) is 1. The van der Waals surface area contributed by atoms with Gasteiger partial charge in [0.05, 0.1) is 5.75 Å². The zero-order valence-corrected chi connectivity index (χ0v) is 9.81. The molecule has 1 aromatic rings. The van der Waals surface area contributed by atoms with Crippen molar-refractivity contribution in [2.45, 2.75) is 19.9 Å². The molecule has 1 atom stereocenters. The van der Waals surface area contributed by atoms with E-state index in [9.17, 15) is 17.2 Å². The maximum absolute atomic E-state index is 13.3. The number of hydrogen-bond acceptors (Lipinski definition) is 2. The van der Waals surface area contributed by atoms with Gasteiger partial charge in [-0.1, -0.05) is 6.07 Å². The molecule has 1 N–H and O–H groups in total. The third-order valence-electron chi connectivity index (χ3n) is 2.17. The average Bonchev–Trinajstić information content (AvgIpc) is 2.16. The molecule has 0 aliphatic rings. The zero-order valence-electron chi connectivity index (χ0n) is 9.00. The fourth-order valence-corrected chi connectivity index (χ4v) is 2.16. The monoisotopic (exact) mass is 249 g/mol. The van der Waals surface area contributed by atoms with Crippen molar-refractivity contribution in [2.75, 3.05) is 5.75 Å². The van der Waals surface area contributed by atoms with Crippen molar-refractivity contribution in [3.63, 3.8) is 0 Å². The van der Waals surface area contributed by atoms with E-state index < -0.39 is 27.7 Å². The van der Waals surface area contributed by atoms with E-state index in [0.29, 0.717) is 0 Å². The summed E-state index contributed by atoms with van der Waals surface area (Å²) in [7, 11) is -3.48. The molecule has 16 heavy (non-hydrogen) atoms. The first-order chi connectivity index (χ1) is 7.37. The first-order valence-corrected chi connectivity index (χ1v) is 6.46. The van der Waals surface area contributed by atoms with Crippen molar-refractivity contribution in [3.05, 3.63) is 35.4 Å². The molecular formula is C10H13F2NO2S. The van der Waals surface area contributed by atoms with Crippen LogP contribution >= 0.6 is 0 Å². The summed E-state index contributed by atoms with van der Waals surface area (Å²) in [6.45, 7) is 2.85. The second kappa shape index (κ2) is 4.88. The van der Waals surface area contributed by atoms with Crippen molar-refractivity contribution in [3.8, 4) is 0 Å². The van der Waals surface area contributed by atoms with Crippen molar-refractivity contribution in [1.29, 1.82) is 0 Å². The number of hydrogen-bond donors (Lipinski definition) is 1. The largest absolute Gasteiger partial charge is 0.212 e. The van der Waals surface area contributed by atoms with Gasteiger partial charge in [-0.3, -0.25) is 0 Å². The van der Waals surface area contributed by atoms with Crippen LogP contribution in [0.25, 0.3) is 0 Å². The van der Waals surface area contributed by atoms with Gasteiger partial charge >= 0.3 is 0 Å². The second-order valence-electron chi connectivity index (χ2n) is 3.38. The molecule has 90 valence electrons. The lowest BCUT2D eigenvalue weighted by Crippen LogP contribution is -2.29. The fourth-order valence-electron chi connectivity index (χ4n) is 1.34. The van der Waals surface area contributed by atoms with Crippen LogP contribution in [0.15, 0.2) is 18.2 Å². The summed E-state index contributed by atoms with van der Waals surface area (Å²) in [6, 6.07) is 2.49. The van der Waals surface area contributed by atoms with Crippen LogP contribution < -0.4 is 4.72 Å².